The fraction of sp³-hybridized carbons (Fsp3) is 0.419. The van der Waals surface area contributed by atoms with Crippen molar-refractivity contribution >= 4 is 40.4 Å². The average molecular weight is 568 g/mol. The zero-order valence-corrected chi connectivity index (χ0v) is 24.7. The van der Waals surface area contributed by atoms with Crippen LogP contribution in [0.3, 0.4) is 0 Å². The molecule has 1 heterocycles. The Bertz CT molecular complexity index is 1310. The standard InChI is InChI=1S/C31H38FN3O4S/c1-21-26(18-22-6-9-24(10-7-22)40(5)38)28-19-23(32)8-11-25(28)27(21)20-29(36)35-16-14-34(15-17-35)13-12-33-30(37)39-31(2,3)4/h6-11,18-19H,12-17,20H2,1-5H3,(H,33,37)/b26-18-. The Morgan fingerprint density at radius 1 is 1.07 bits per heavy atom. The van der Waals surface area contributed by atoms with Gasteiger partial charge in [0, 0.05) is 39.3 Å². The van der Waals surface area contributed by atoms with Crippen molar-refractivity contribution in [3.8, 4) is 0 Å². The van der Waals surface area contributed by atoms with E-state index in [-0.39, 0.29) is 18.1 Å². The molecule has 1 unspecified atom stereocenters. The van der Waals surface area contributed by atoms with Crippen molar-refractivity contribution < 1.29 is 23.3 Å². The van der Waals surface area contributed by atoms with Gasteiger partial charge in [-0.1, -0.05) is 6.07 Å². The summed E-state index contributed by atoms with van der Waals surface area (Å²) >= 11 is -1.06. The Kier molecular flexibility index (Phi) is 9.38. The molecular weight excluding hydrogens is 529 g/mol. The number of amides is 2. The first-order valence-corrected chi connectivity index (χ1v) is 15.1. The number of rotatable bonds is 7. The minimum atomic E-state index is -1.06. The van der Waals surface area contributed by atoms with Gasteiger partial charge in [-0.05, 0) is 115 Å². The molecule has 0 bridgehead atoms. The van der Waals surface area contributed by atoms with Crippen LogP contribution in [0.15, 0.2) is 52.9 Å². The fourth-order valence-electron chi connectivity index (χ4n) is 5.02. The average Bonchev–Trinajstić information content (AvgIpc) is 3.13. The van der Waals surface area contributed by atoms with E-state index in [9.17, 15) is 18.5 Å². The lowest BCUT2D eigenvalue weighted by Gasteiger charge is -2.35. The van der Waals surface area contributed by atoms with Gasteiger partial charge >= 0.3 is 6.09 Å². The third kappa shape index (κ3) is 7.53. The molecule has 1 saturated heterocycles. The number of allylic oxidation sites excluding steroid dienone is 2. The van der Waals surface area contributed by atoms with Crippen molar-refractivity contribution in [2.45, 2.75) is 44.6 Å². The highest BCUT2D eigenvalue weighted by atomic mass is 32.2. The van der Waals surface area contributed by atoms with Gasteiger partial charge in [-0.15, -0.1) is 0 Å². The van der Waals surface area contributed by atoms with E-state index in [0.717, 1.165) is 51.4 Å². The molecule has 1 fully saturated rings. The van der Waals surface area contributed by atoms with Gasteiger partial charge in [0.1, 0.15) is 17.7 Å². The van der Waals surface area contributed by atoms with E-state index < -0.39 is 22.9 Å². The zero-order valence-electron chi connectivity index (χ0n) is 23.9. The number of hydrogen-bond donors (Lipinski definition) is 1. The van der Waals surface area contributed by atoms with Crippen LogP contribution in [0.1, 0.15) is 50.8 Å². The molecule has 0 saturated carbocycles. The van der Waals surface area contributed by atoms with Gasteiger partial charge in [0.15, 0.2) is 4.90 Å². The van der Waals surface area contributed by atoms with Crippen LogP contribution in [0.4, 0.5) is 9.18 Å². The second-order valence-electron chi connectivity index (χ2n) is 11.2. The molecular formula is C31H38FN3O4S. The highest BCUT2D eigenvalue weighted by Crippen LogP contribution is 2.44. The second kappa shape index (κ2) is 12.6. The van der Waals surface area contributed by atoms with E-state index in [4.69, 9.17) is 4.74 Å². The second-order valence-corrected chi connectivity index (χ2v) is 12.6. The Morgan fingerprint density at radius 3 is 2.38 bits per heavy atom. The Balaban J connectivity index is 1.39. The molecule has 40 heavy (non-hydrogen) atoms. The summed E-state index contributed by atoms with van der Waals surface area (Å²) in [7, 11) is 0. The van der Waals surface area contributed by atoms with Crippen LogP contribution in [0.25, 0.3) is 17.2 Å². The lowest BCUT2D eigenvalue weighted by molar-refractivity contribution is -0.131. The first-order valence-electron chi connectivity index (χ1n) is 13.5. The molecule has 2 aliphatic rings. The topological polar surface area (TPSA) is 84.9 Å². The maximum absolute atomic E-state index is 14.3. The number of carbonyl (C=O) groups is 2. The number of halogens is 1. The van der Waals surface area contributed by atoms with Gasteiger partial charge in [0.25, 0.3) is 0 Å². The number of fused-ring (bicyclic) bond motifs is 1. The van der Waals surface area contributed by atoms with Crippen molar-refractivity contribution in [1.29, 1.82) is 0 Å². The van der Waals surface area contributed by atoms with Crippen LogP contribution in [0, 0.1) is 5.82 Å². The number of nitrogens with zero attached hydrogens (tertiary/aromatic N) is 2. The summed E-state index contributed by atoms with van der Waals surface area (Å²) in [6.45, 7) is 11.3. The molecule has 2 aromatic rings. The molecule has 7 nitrogen and oxygen atoms in total. The minimum Gasteiger partial charge on any atom is -0.612 e. The van der Waals surface area contributed by atoms with Crippen LogP contribution < -0.4 is 5.32 Å². The van der Waals surface area contributed by atoms with Crippen LogP contribution >= 0.6 is 0 Å². The van der Waals surface area contributed by atoms with E-state index in [1.807, 2.05) is 62.9 Å². The molecule has 1 atom stereocenters. The normalized spacial score (nSPS) is 17.7. The molecule has 4 rings (SSSR count). The number of ether oxygens (including phenoxy) is 1. The first-order chi connectivity index (χ1) is 18.9. The fourth-order valence-corrected chi connectivity index (χ4v) is 5.54. The van der Waals surface area contributed by atoms with Crippen LogP contribution in [0.2, 0.25) is 0 Å². The number of piperazine rings is 1. The SMILES string of the molecule is CC1=C(CC(=O)N2CCN(CCNC(=O)OC(C)(C)C)CC2)c2ccc(F)cc2/C1=C\c1ccc([S+](C)[O-])cc1. The molecule has 214 valence electrons. The summed E-state index contributed by atoms with van der Waals surface area (Å²) in [6, 6.07) is 12.2. The van der Waals surface area contributed by atoms with E-state index in [0.29, 0.717) is 26.2 Å². The molecule has 2 amide bonds. The van der Waals surface area contributed by atoms with E-state index >= 15 is 0 Å². The third-order valence-corrected chi connectivity index (χ3v) is 8.06. The smallest absolute Gasteiger partial charge is 0.407 e. The van der Waals surface area contributed by atoms with Crippen molar-refractivity contribution in [3.05, 3.63) is 70.5 Å². The van der Waals surface area contributed by atoms with Crippen molar-refractivity contribution in [2.24, 2.45) is 0 Å². The zero-order chi connectivity index (χ0) is 29.0. The number of hydrogen-bond acceptors (Lipinski definition) is 5. The molecule has 1 aliphatic carbocycles. The van der Waals surface area contributed by atoms with Crippen molar-refractivity contribution in [2.75, 3.05) is 45.5 Å². The van der Waals surface area contributed by atoms with Crippen LogP contribution in [0.5, 0.6) is 0 Å². The maximum Gasteiger partial charge on any atom is 0.407 e. The summed E-state index contributed by atoms with van der Waals surface area (Å²) in [6.07, 6.45) is 3.46. The number of alkyl carbamates (subject to hydrolysis) is 1. The highest BCUT2D eigenvalue weighted by molar-refractivity contribution is 7.90. The van der Waals surface area contributed by atoms with E-state index in [1.54, 1.807) is 12.3 Å². The quantitative estimate of drug-likeness (QED) is 0.479. The van der Waals surface area contributed by atoms with Gasteiger partial charge in [-0.3, -0.25) is 9.69 Å². The van der Waals surface area contributed by atoms with Gasteiger partial charge in [-0.2, -0.15) is 0 Å². The lowest BCUT2D eigenvalue weighted by Crippen LogP contribution is -2.50. The van der Waals surface area contributed by atoms with Crippen molar-refractivity contribution in [1.82, 2.24) is 15.1 Å². The largest absolute Gasteiger partial charge is 0.612 e. The molecule has 0 aromatic heterocycles. The number of carbonyl (C=O) groups excluding carboxylic acids is 2. The lowest BCUT2D eigenvalue weighted by atomic mass is 10.0. The summed E-state index contributed by atoms with van der Waals surface area (Å²) in [5, 5.41) is 2.78. The Hall–Kier alpha value is -3.14. The van der Waals surface area contributed by atoms with E-state index in [1.165, 1.54) is 12.1 Å². The molecule has 1 N–H and O–H groups in total. The Morgan fingerprint density at radius 2 is 1.75 bits per heavy atom. The Labute approximate surface area is 239 Å². The molecule has 1 aliphatic heterocycles. The van der Waals surface area contributed by atoms with Gasteiger partial charge < -0.3 is 19.5 Å². The van der Waals surface area contributed by atoms with Gasteiger partial charge in [-0.25, -0.2) is 9.18 Å². The van der Waals surface area contributed by atoms with Gasteiger partial charge in [0.05, 0.1) is 6.42 Å². The highest BCUT2D eigenvalue weighted by Gasteiger charge is 2.28. The predicted molar refractivity (Wildman–Crippen MR) is 158 cm³/mol. The van der Waals surface area contributed by atoms with Gasteiger partial charge in [0.2, 0.25) is 5.91 Å². The summed E-state index contributed by atoms with van der Waals surface area (Å²) in [4.78, 5) is 30.1. The van der Waals surface area contributed by atoms with Crippen LogP contribution in [-0.2, 0) is 20.7 Å². The maximum atomic E-state index is 14.3. The monoisotopic (exact) mass is 567 g/mol. The van der Waals surface area contributed by atoms with E-state index in [2.05, 4.69) is 10.2 Å². The van der Waals surface area contributed by atoms with Crippen LogP contribution in [-0.4, -0.2) is 77.5 Å². The van der Waals surface area contributed by atoms with Crippen molar-refractivity contribution in [3.63, 3.8) is 0 Å². The molecule has 0 spiro atoms. The minimum absolute atomic E-state index is 0.0483. The first kappa shape index (κ1) is 29.8. The summed E-state index contributed by atoms with van der Waals surface area (Å²) in [5.41, 5.74) is 4.83. The summed E-state index contributed by atoms with van der Waals surface area (Å²) < 4.78 is 31.3. The number of benzene rings is 2. The summed E-state index contributed by atoms with van der Waals surface area (Å²) in [5.74, 6) is -0.272. The number of nitrogens with one attached hydrogen (secondary N) is 1. The molecule has 0 radical (unpaired) electrons. The molecule has 2 aromatic carbocycles. The third-order valence-electron chi connectivity index (χ3n) is 7.13. The molecule has 9 heteroatoms. The predicted octanol–water partition coefficient (Wildman–Crippen LogP) is 4.95.